The van der Waals surface area contributed by atoms with Gasteiger partial charge in [0.05, 0.1) is 5.56 Å². The molecule has 0 aliphatic heterocycles. The predicted octanol–water partition coefficient (Wildman–Crippen LogP) is 4.41. The first kappa shape index (κ1) is 13.6. The number of aryl methyl sites for hydroxylation is 1. The van der Waals surface area contributed by atoms with Gasteiger partial charge in [-0.25, -0.2) is 9.18 Å². The second-order valence-electron chi connectivity index (χ2n) is 4.17. The van der Waals surface area contributed by atoms with Gasteiger partial charge in [-0.1, -0.05) is 42.8 Å². The minimum Gasteiger partial charge on any atom is -0.478 e. The molecule has 0 aromatic heterocycles. The van der Waals surface area contributed by atoms with Crippen LogP contribution in [0.5, 0.6) is 0 Å². The van der Waals surface area contributed by atoms with Crippen molar-refractivity contribution in [2.45, 2.75) is 13.3 Å². The summed E-state index contributed by atoms with van der Waals surface area (Å²) in [5.41, 5.74) is 1.97. The van der Waals surface area contributed by atoms with Gasteiger partial charge in [-0.05, 0) is 29.7 Å². The number of hydrogen-bond donors (Lipinski definition) is 1. The third-order valence-corrected chi connectivity index (χ3v) is 3.25. The van der Waals surface area contributed by atoms with E-state index in [2.05, 4.69) is 0 Å². The van der Waals surface area contributed by atoms with Crippen molar-refractivity contribution in [1.82, 2.24) is 0 Å². The summed E-state index contributed by atoms with van der Waals surface area (Å²) in [7, 11) is 0. The molecule has 2 nitrogen and oxygen atoms in total. The average Bonchev–Trinajstić information content (AvgIpc) is 2.40. The molecule has 2 aromatic carbocycles. The Morgan fingerprint density at radius 2 is 2.05 bits per heavy atom. The van der Waals surface area contributed by atoms with Crippen LogP contribution in [0.1, 0.15) is 22.8 Å². The monoisotopic (exact) mass is 278 g/mol. The molecule has 0 amide bonds. The predicted molar refractivity (Wildman–Crippen MR) is 73.2 cm³/mol. The normalized spacial score (nSPS) is 10.5. The van der Waals surface area contributed by atoms with Crippen LogP contribution in [0.2, 0.25) is 5.02 Å². The molecule has 0 saturated carbocycles. The van der Waals surface area contributed by atoms with Gasteiger partial charge in [0.1, 0.15) is 5.82 Å². The molecule has 4 heteroatoms. The van der Waals surface area contributed by atoms with Crippen LogP contribution in [0.15, 0.2) is 36.4 Å². The van der Waals surface area contributed by atoms with Crippen LogP contribution in [0.4, 0.5) is 4.39 Å². The Kier molecular flexibility index (Phi) is 3.86. The zero-order chi connectivity index (χ0) is 14.0. The highest BCUT2D eigenvalue weighted by atomic mass is 35.5. The van der Waals surface area contributed by atoms with Gasteiger partial charge < -0.3 is 5.11 Å². The zero-order valence-corrected chi connectivity index (χ0v) is 11.0. The minimum absolute atomic E-state index is 0.229. The molecule has 0 radical (unpaired) electrons. The third kappa shape index (κ3) is 2.76. The number of hydrogen-bond acceptors (Lipinski definition) is 1. The molecule has 0 unspecified atom stereocenters. The van der Waals surface area contributed by atoms with Gasteiger partial charge in [-0.15, -0.1) is 0 Å². The SMILES string of the molecule is CCc1cccc(-c2cc(F)c(C(=O)O)cc2Cl)c1. The molecular weight excluding hydrogens is 267 g/mol. The lowest BCUT2D eigenvalue weighted by molar-refractivity contribution is 0.0692. The van der Waals surface area contributed by atoms with E-state index in [1.54, 1.807) is 0 Å². The maximum absolute atomic E-state index is 13.7. The fourth-order valence-electron chi connectivity index (χ4n) is 1.89. The van der Waals surface area contributed by atoms with Gasteiger partial charge in [-0.2, -0.15) is 0 Å². The van der Waals surface area contributed by atoms with Crippen molar-refractivity contribution in [3.63, 3.8) is 0 Å². The van der Waals surface area contributed by atoms with Gasteiger partial charge in [0.15, 0.2) is 0 Å². The van der Waals surface area contributed by atoms with E-state index in [4.69, 9.17) is 16.7 Å². The summed E-state index contributed by atoms with van der Waals surface area (Å²) in [6.07, 6.45) is 0.862. The van der Waals surface area contributed by atoms with Crippen LogP contribution >= 0.6 is 11.6 Å². The highest BCUT2D eigenvalue weighted by molar-refractivity contribution is 6.33. The number of carboxylic acids is 1. The van der Waals surface area contributed by atoms with Crippen molar-refractivity contribution in [3.05, 3.63) is 58.4 Å². The molecule has 0 aliphatic carbocycles. The Morgan fingerprint density at radius 3 is 2.68 bits per heavy atom. The Hall–Kier alpha value is -1.87. The maximum atomic E-state index is 13.7. The Morgan fingerprint density at radius 1 is 1.32 bits per heavy atom. The second kappa shape index (κ2) is 5.41. The van der Waals surface area contributed by atoms with E-state index in [1.165, 1.54) is 6.07 Å². The molecule has 0 saturated heterocycles. The summed E-state index contributed by atoms with van der Waals surface area (Å²) in [5.74, 6) is -2.11. The fourth-order valence-corrected chi connectivity index (χ4v) is 2.16. The lowest BCUT2D eigenvalue weighted by Crippen LogP contribution is -2.01. The van der Waals surface area contributed by atoms with E-state index in [9.17, 15) is 9.18 Å². The number of carbonyl (C=O) groups is 1. The molecule has 0 spiro atoms. The van der Waals surface area contributed by atoms with Gasteiger partial charge in [-0.3, -0.25) is 0 Å². The Labute approximate surface area is 115 Å². The highest BCUT2D eigenvalue weighted by Crippen LogP contribution is 2.31. The minimum atomic E-state index is -1.33. The van der Waals surface area contributed by atoms with E-state index >= 15 is 0 Å². The lowest BCUT2D eigenvalue weighted by Gasteiger charge is -2.08. The standard InChI is InChI=1S/C15H12ClFO2/c1-2-9-4-3-5-10(6-9)11-8-14(17)12(15(18)19)7-13(11)16/h3-8H,2H2,1H3,(H,18,19). The summed E-state index contributed by atoms with van der Waals surface area (Å²) >= 11 is 6.05. The van der Waals surface area contributed by atoms with E-state index in [-0.39, 0.29) is 5.02 Å². The molecule has 19 heavy (non-hydrogen) atoms. The van der Waals surface area contributed by atoms with Crippen molar-refractivity contribution in [2.24, 2.45) is 0 Å². The Balaban J connectivity index is 2.56. The molecule has 0 bridgehead atoms. The van der Waals surface area contributed by atoms with Crippen molar-refractivity contribution in [1.29, 1.82) is 0 Å². The van der Waals surface area contributed by atoms with Crippen LogP contribution in [0.25, 0.3) is 11.1 Å². The van der Waals surface area contributed by atoms with Crippen LogP contribution in [-0.4, -0.2) is 11.1 Å². The second-order valence-corrected chi connectivity index (χ2v) is 4.58. The van der Waals surface area contributed by atoms with Crippen molar-refractivity contribution < 1.29 is 14.3 Å². The summed E-state index contributed by atoms with van der Waals surface area (Å²) in [6, 6.07) is 9.89. The van der Waals surface area contributed by atoms with Crippen molar-refractivity contribution in [3.8, 4) is 11.1 Å². The maximum Gasteiger partial charge on any atom is 0.338 e. The largest absolute Gasteiger partial charge is 0.478 e. The summed E-state index contributed by atoms with van der Waals surface area (Å²) in [5, 5.41) is 9.06. The summed E-state index contributed by atoms with van der Waals surface area (Å²) < 4.78 is 13.7. The number of carboxylic acid groups (broad SMARTS) is 1. The van der Waals surface area contributed by atoms with Crippen molar-refractivity contribution >= 4 is 17.6 Å². The quantitative estimate of drug-likeness (QED) is 0.903. The fraction of sp³-hybridized carbons (Fsp3) is 0.133. The first-order valence-corrected chi connectivity index (χ1v) is 6.22. The average molecular weight is 279 g/mol. The third-order valence-electron chi connectivity index (χ3n) is 2.93. The zero-order valence-electron chi connectivity index (χ0n) is 10.3. The first-order valence-electron chi connectivity index (χ1n) is 5.84. The van der Waals surface area contributed by atoms with Gasteiger partial charge >= 0.3 is 5.97 Å². The number of aromatic carboxylic acids is 1. The molecular formula is C15H12ClFO2. The van der Waals surface area contributed by atoms with E-state index in [0.717, 1.165) is 23.6 Å². The molecule has 0 fully saturated rings. The van der Waals surface area contributed by atoms with Crippen LogP contribution in [0, 0.1) is 5.82 Å². The van der Waals surface area contributed by atoms with E-state index in [0.29, 0.717) is 5.56 Å². The van der Waals surface area contributed by atoms with Crippen LogP contribution < -0.4 is 0 Å². The van der Waals surface area contributed by atoms with Crippen LogP contribution in [-0.2, 0) is 6.42 Å². The Bertz CT molecular complexity index is 638. The topological polar surface area (TPSA) is 37.3 Å². The number of benzene rings is 2. The first-order chi connectivity index (χ1) is 9.02. The smallest absolute Gasteiger partial charge is 0.338 e. The summed E-state index contributed by atoms with van der Waals surface area (Å²) in [6.45, 7) is 2.02. The summed E-state index contributed by atoms with van der Waals surface area (Å²) in [4.78, 5) is 10.8. The lowest BCUT2D eigenvalue weighted by atomic mass is 10.0. The molecule has 2 rings (SSSR count). The molecule has 0 atom stereocenters. The van der Waals surface area contributed by atoms with Crippen molar-refractivity contribution in [2.75, 3.05) is 0 Å². The molecule has 0 aliphatic rings. The molecule has 98 valence electrons. The molecule has 0 heterocycles. The van der Waals surface area contributed by atoms with E-state index in [1.807, 2.05) is 31.2 Å². The van der Waals surface area contributed by atoms with Gasteiger partial charge in [0.25, 0.3) is 0 Å². The van der Waals surface area contributed by atoms with E-state index < -0.39 is 17.3 Å². The number of halogens is 2. The highest BCUT2D eigenvalue weighted by Gasteiger charge is 2.15. The van der Waals surface area contributed by atoms with Gasteiger partial charge in [0.2, 0.25) is 0 Å². The molecule has 1 N–H and O–H groups in total. The van der Waals surface area contributed by atoms with Gasteiger partial charge in [0, 0.05) is 10.6 Å². The molecule has 2 aromatic rings. The van der Waals surface area contributed by atoms with Crippen LogP contribution in [0.3, 0.4) is 0 Å². The number of rotatable bonds is 3.